The molecule has 1 atom stereocenters. The van der Waals surface area contributed by atoms with E-state index in [0.717, 1.165) is 12.1 Å². The molecule has 1 saturated heterocycles. The highest BCUT2D eigenvalue weighted by Gasteiger charge is 2.25. The predicted octanol–water partition coefficient (Wildman–Crippen LogP) is 1.81. The fourth-order valence-corrected chi connectivity index (χ4v) is 2.23. The molecule has 0 amide bonds. The van der Waals surface area contributed by atoms with Crippen molar-refractivity contribution in [1.29, 1.82) is 0 Å². The molecule has 1 N–H and O–H groups in total. The highest BCUT2D eigenvalue weighted by molar-refractivity contribution is 5.68. The van der Waals surface area contributed by atoms with Crippen molar-refractivity contribution in [3.63, 3.8) is 0 Å². The molecule has 0 saturated carbocycles. The van der Waals surface area contributed by atoms with E-state index >= 15 is 0 Å². The lowest BCUT2D eigenvalue weighted by Crippen LogP contribution is -2.39. The monoisotopic (exact) mass is 271 g/mol. The molecule has 1 heterocycles. The first-order valence-electron chi connectivity index (χ1n) is 6.06. The quantitative estimate of drug-likeness (QED) is 0.907. The van der Waals surface area contributed by atoms with Gasteiger partial charge in [0.15, 0.2) is 11.6 Å². The number of nitrogens with zero attached hydrogens (tertiary/aromatic N) is 1. The number of rotatable bonds is 4. The summed E-state index contributed by atoms with van der Waals surface area (Å²) in [5, 5.41) is 8.97. The second-order valence-electron chi connectivity index (χ2n) is 4.44. The number of halogens is 2. The molecule has 1 unspecified atom stereocenters. The van der Waals surface area contributed by atoms with Crippen LogP contribution < -0.4 is 0 Å². The number of carboxylic acid groups (broad SMARTS) is 1. The highest BCUT2D eigenvalue weighted by Crippen LogP contribution is 2.26. The van der Waals surface area contributed by atoms with E-state index in [1.54, 1.807) is 0 Å². The summed E-state index contributed by atoms with van der Waals surface area (Å²) in [6.07, 6.45) is -0.148. The Balaban J connectivity index is 2.24. The van der Waals surface area contributed by atoms with Crippen LogP contribution in [0.3, 0.4) is 0 Å². The van der Waals surface area contributed by atoms with Crippen LogP contribution in [0.15, 0.2) is 18.2 Å². The summed E-state index contributed by atoms with van der Waals surface area (Å²) in [6, 6.07) is 3.07. The summed E-state index contributed by atoms with van der Waals surface area (Å²) < 4.78 is 31.4. The zero-order valence-electron chi connectivity index (χ0n) is 10.3. The molecule has 1 aromatic carbocycles. The zero-order valence-corrected chi connectivity index (χ0v) is 10.3. The largest absolute Gasteiger partial charge is 0.481 e. The molecule has 0 aromatic heterocycles. The van der Waals surface area contributed by atoms with Crippen molar-refractivity contribution in [3.8, 4) is 0 Å². The molecule has 104 valence electrons. The molecule has 1 aliphatic rings. The minimum atomic E-state index is -0.971. The Labute approximate surface area is 109 Å². The lowest BCUT2D eigenvalue weighted by molar-refractivity contribution is -0.139. The Kier molecular flexibility index (Phi) is 4.44. The smallest absolute Gasteiger partial charge is 0.305 e. The molecular formula is C13H15F2NO3. The molecule has 1 fully saturated rings. The van der Waals surface area contributed by atoms with Gasteiger partial charge in [0, 0.05) is 19.1 Å². The van der Waals surface area contributed by atoms with Crippen LogP contribution in [0.5, 0.6) is 0 Å². The zero-order chi connectivity index (χ0) is 13.8. The maximum Gasteiger partial charge on any atom is 0.305 e. The van der Waals surface area contributed by atoms with Crippen LogP contribution in [-0.4, -0.2) is 42.3 Å². The summed E-state index contributed by atoms with van der Waals surface area (Å²) in [7, 11) is 0. The van der Waals surface area contributed by atoms with E-state index in [1.165, 1.54) is 6.07 Å². The number of hydrogen-bond donors (Lipinski definition) is 1. The second-order valence-corrected chi connectivity index (χ2v) is 4.44. The van der Waals surface area contributed by atoms with Crippen LogP contribution in [0, 0.1) is 11.6 Å². The predicted molar refractivity (Wildman–Crippen MR) is 63.7 cm³/mol. The maximum absolute atomic E-state index is 13.3. The average Bonchev–Trinajstić information content (AvgIpc) is 2.40. The van der Waals surface area contributed by atoms with E-state index in [2.05, 4.69) is 0 Å². The van der Waals surface area contributed by atoms with Crippen LogP contribution in [0.4, 0.5) is 8.78 Å². The van der Waals surface area contributed by atoms with E-state index in [4.69, 9.17) is 9.84 Å². The number of ether oxygens (including phenoxy) is 1. The van der Waals surface area contributed by atoms with Crippen LogP contribution >= 0.6 is 0 Å². The van der Waals surface area contributed by atoms with Gasteiger partial charge in [-0.25, -0.2) is 8.78 Å². The SMILES string of the molecule is O=C(O)CC(c1ccc(F)c(F)c1)N1CCOCC1. The van der Waals surface area contributed by atoms with Gasteiger partial charge < -0.3 is 9.84 Å². The van der Waals surface area contributed by atoms with Gasteiger partial charge in [-0.2, -0.15) is 0 Å². The van der Waals surface area contributed by atoms with Gasteiger partial charge >= 0.3 is 5.97 Å². The maximum atomic E-state index is 13.3. The highest BCUT2D eigenvalue weighted by atomic mass is 19.2. The number of carbonyl (C=O) groups is 1. The van der Waals surface area contributed by atoms with Crippen LogP contribution in [-0.2, 0) is 9.53 Å². The lowest BCUT2D eigenvalue weighted by Gasteiger charge is -2.34. The van der Waals surface area contributed by atoms with Crippen molar-refractivity contribution >= 4 is 5.97 Å². The topological polar surface area (TPSA) is 49.8 Å². The summed E-state index contributed by atoms with van der Waals surface area (Å²) in [5.41, 5.74) is 0.475. The summed E-state index contributed by atoms with van der Waals surface area (Å²) in [5.74, 6) is -2.86. The number of hydrogen-bond acceptors (Lipinski definition) is 3. The molecule has 19 heavy (non-hydrogen) atoms. The molecule has 1 aliphatic heterocycles. The molecule has 1 aromatic rings. The Morgan fingerprint density at radius 3 is 2.58 bits per heavy atom. The third kappa shape index (κ3) is 3.48. The standard InChI is InChI=1S/C13H15F2NO3/c14-10-2-1-9(7-11(10)15)12(8-13(17)18)16-3-5-19-6-4-16/h1-2,7,12H,3-6,8H2,(H,17,18). The Bertz CT molecular complexity index is 461. The molecule has 0 bridgehead atoms. The van der Waals surface area contributed by atoms with Gasteiger partial charge in [-0.1, -0.05) is 6.07 Å². The van der Waals surface area contributed by atoms with Crippen molar-refractivity contribution in [3.05, 3.63) is 35.4 Å². The molecule has 0 radical (unpaired) electrons. The lowest BCUT2D eigenvalue weighted by atomic mass is 10.0. The fraction of sp³-hybridized carbons (Fsp3) is 0.462. The molecule has 4 nitrogen and oxygen atoms in total. The van der Waals surface area contributed by atoms with E-state index in [-0.39, 0.29) is 6.42 Å². The van der Waals surface area contributed by atoms with Gasteiger partial charge in [0.25, 0.3) is 0 Å². The van der Waals surface area contributed by atoms with E-state index in [0.29, 0.717) is 31.9 Å². The Morgan fingerprint density at radius 1 is 1.32 bits per heavy atom. The van der Waals surface area contributed by atoms with Gasteiger partial charge in [-0.3, -0.25) is 9.69 Å². The summed E-state index contributed by atoms with van der Waals surface area (Å²) in [4.78, 5) is 12.9. The Morgan fingerprint density at radius 2 is 2.00 bits per heavy atom. The van der Waals surface area contributed by atoms with E-state index in [1.807, 2.05) is 4.90 Å². The van der Waals surface area contributed by atoms with Gasteiger partial charge in [0.2, 0.25) is 0 Å². The average molecular weight is 271 g/mol. The summed E-state index contributed by atoms with van der Waals surface area (Å²) >= 11 is 0. The van der Waals surface area contributed by atoms with Crippen LogP contribution in [0.2, 0.25) is 0 Å². The number of carboxylic acids is 1. The first kappa shape index (κ1) is 13.9. The molecule has 0 spiro atoms. The third-order valence-electron chi connectivity index (χ3n) is 3.18. The van der Waals surface area contributed by atoms with Crippen molar-refractivity contribution in [2.24, 2.45) is 0 Å². The minimum absolute atomic E-state index is 0.148. The van der Waals surface area contributed by atoms with Crippen molar-refractivity contribution in [2.75, 3.05) is 26.3 Å². The normalized spacial score (nSPS) is 18.2. The van der Waals surface area contributed by atoms with Gasteiger partial charge in [0.1, 0.15) is 0 Å². The molecule has 6 heteroatoms. The van der Waals surface area contributed by atoms with Crippen molar-refractivity contribution in [1.82, 2.24) is 4.90 Å². The van der Waals surface area contributed by atoms with E-state index < -0.39 is 23.6 Å². The van der Waals surface area contributed by atoms with Crippen molar-refractivity contribution in [2.45, 2.75) is 12.5 Å². The summed E-state index contributed by atoms with van der Waals surface area (Å²) in [6.45, 7) is 2.19. The molecule has 0 aliphatic carbocycles. The van der Waals surface area contributed by atoms with Crippen LogP contribution in [0.1, 0.15) is 18.0 Å². The number of morpholine rings is 1. The first-order valence-corrected chi connectivity index (χ1v) is 6.06. The second kappa shape index (κ2) is 6.08. The van der Waals surface area contributed by atoms with Gasteiger partial charge in [-0.15, -0.1) is 0 Å². The van der Waals surface area contributed by atoms with E-state index in [9.17, 15) is 13.6 Å². The Hall–Kier alpha value is -1.53. The van der Waals surface area contributed by atoms with Gasteiger partial charge in [0.05, 0.1) is 19.6 Å². The third-order valence-corrected chi connectivity index (χ3v) is 3.18. The van der Waals surface area contributed by atoms with Crippen molar-refractivity contribution < 1.29 is 23.4 Å². The minimum Gasteiger partial charge on any atom is -0.481 e. The first-order chi connectivity index (χ1) is 9.08. The molecule has 2 rings (SSSR count). The number of aliphatic carboxylic acids is 1. The fourth-order valence-electron chi connectivity index (χ4n) is 2.23. The number of benzene rings is 1. The molecular weight excluding hydrogens is 256 g/mol. The van der Waals surface area contributed by atoms with Gasteiger partial charge in [-0.05, 0) is 17.7 Å². The van der Waals surface area contributed by atoms with Crippen LogP contribution in [0.25, 0.3) is 0 Å².